The topological polar surface area (TPSA) is 32.3 Å². The van der Waals surface area contributed by atoms with Gasteiger partial charge in [-0.3, -0.25) is 4.79 Å². The summed E-state index contributed by atoms with van der Waals surface area (Å²) in [4.78, 5) is 14.7. The lowest BCUT2D eigenvalue weighted by molar-refractivity contribution is -0.144. The molecule has 17 heavy (non-hydrogen) atoms. The van der Waals surface area contributed by atoms with Gasteiger partial charge in [0.25, 0.3) is 0 Å². The van der Waals surface area contributed by atoms with Gasteiger partial charge in [-0.1, -0.05) is 34.6 Å². The van der Waals surface area contributed by atoms with Crippen molar-refractivity contribution in [1.29, 1.82) is 0 Å². The van der Waals surface area contributed by atoms with Crippen LogP contribution in [0.1, 0.15) is 53.9 Å². The maximum atomic E-state index is 12.6. The number of amides is 1. The number of nitrogens with zero attached hydrogens (tertiary/aromatic N) is 1. The number of hydrogen-bond donors (Lipinski definition) is 1. The fraction of sp³-hybridized carbons (Fsp3) is 0.929. The van der Waals surface area contributed by atoms with E-state index in [4.69, 9.17) is 0 Å². The Hall–Kier alpha value is -0.570. The summed E-state index contributed by atoms with van der Waals surface area (Å²) < 4.78 is 0. The first kappa shape index (κ1) is 14.5. The zero-order chi connectivity index (χ0) is 13.1. The van der Waals surface area contributed by atoms with Crippen molar-refractivity contribution in [2.75, 3.05) is 13.1 Å². The summed E-state index contributed by atoms with van der Waals surface area (Å²) in [5.41, 5.74) is -0.219. The highest BCUT2D eigenvalue weighted by Crippen LogP contribution is 2.26. The normalized spacial score (nSPS) is 26.1. The standard InChI is InChI=1S/C14H28N2O/c1-6-11-10-16(12(7-2)9-15-11)13(17)14(4,5)8-3/h11-12,15H,6-10H2,1-5H3. The number of carbonyl (C=O) groups excluding carboxylic acids is 1. The molecule has 1 aliphatic heterocycles. The van der Waals surface area contributed by atoms with Gasteiger partial charge in [0.05, 0.1) is 0 Å². The average Bonchev–Trinajstić information content (AvgIpc) is 2.36. The summed E-state index contributed by atoms with van der Waals surface area (Å²) in [5, 5.41) is 3.53. The number of rotatable bonds is 4. The first-order valence-corrected chi connectivity index (χ1v) is 7.00. The van der Waals surface area contributed by atoms with Crippen LogP contribution < -0.4 is 5.32 Å². The fourth-order valence-corrected chi connectivity index (χ4v) is 2.29. The summed E-state index contributed by atoms with van der Waals surface area (Å²) in [6, 6.07) is 0.838. The van der Waals surface area contributed by atoms with Gasteiger partial charge < -0.3 is 10.2 Å². The molecule has 1 amide bonds. The highest BCUT2D eigenvalue weighted by Gasteiger charge is 2.36. The molecular formula is C14H28N2O. The van der Waals surface area contributed by atoms with E-state index in [0.29, 0.717) is 18.0 Å². The van der Waals surface area contributed by atoms with Crippen molar-refractivity contribution in [3.63, 3.8) is 0 Å². The lowest BCUT2D eigenvalue weighted by atomic mass is 9.87. The summed E-state index contributed by atoms with van der Waals surface area (Å²) >= 11 is 0. The second kappa shape index (κ2) is 5.85. The Morgan fingerprint density at radius 1 is 1.29 bits per heavy atom. The first-order valence-electron chi connectivity index (χ1n) is 7.00. The monoisotopic (exact) mass is 240 g/mol. The molecule has 1 fully saturated rings. The molecule has 3 nitrogen and oxygen atoms in total. The molecule has 0 bridgehead atoms. The van der Waals surface area contributed by atoms with Gasteiger partial charge in [0.1, 0.15) is 0 Å². The quantitative estimate of drug-likeness (QED) is 0.818. The molecule has 0 aromatic carbocycles. The van der Waals surface area contributed by atoms with Crippen molar-refractivity contribution in [1.82, 2.24) is 10.2 Å². The Balaban J connectivity index is 2.79. The maximum absolute atomic E-state index is 12.6. The molecular weight excluding hydrogens is 212 g/mol. The minimum absolute atomic E-state index is 0.219. The van der Waals surface area contributed by atoms with E-state index < -0.39 is 0 Å². The van der Waals surface area contributed by atoms with Crippen LogP contribution in [0, 0.1) is 5.41 Å². The minimum atomic E-state index is -0.219. The van der Waals surface area contributed by atoms with Crippen LogP contribution in [-0.4, -0.2) is 36.0 Å². The molecule has 0 aromatic heterocycles. The molecule has 1 aliphatic rings. The van der Waals surface area contributed by atoms with Gasteiger partial charge in [0.2, 0.25) is 5.91 Å². The fourth-order valence-electron chi connectivity index (χ4n) is 2.29. The Morgan fingerprint density at radius 3 is 2.41 bits per heavy atom. The summed E-state index contributed by atoms with van der Waals surface area (Å²) in [6.45, 7) is 12.4. The Bertz CT molecular complexity index is 263. The lowest BCUT2D eigenvalue weighted by Crippen LogP contribution is -2.60. The second-order valence-electron chi connectivity index (χ2n) is 5.77. The van der Waals surface area contributed by atoms with E-state index in [0.717, 1.165) is 32.4 Å². The molecule has 3 heteroatoms. The third-order valence-corrected chi connectivity index (χ3v) is 4.19. The van der Waals surface area contributed by atoms with Crippen molar-refractivity contribution in [2.45, 2.75) is 66.0 Å². The maximum Gasteiger partial charge on any atom is 0.228 e. The Morgan fingerprint density at radius 2 is 1.94 bits per heavy atom. The van der Waals surface area contributed by atoms with Gasteiger partial charge in [-0.05, 0) is 19.3 Å². The largest absolute Gasteiger partial charge is 0.336 e. The zero-order valence-electron chi connectivity index (χ0n) is 12.0. The highest BCUT2D eigenvalue weighted by atomic mass is 16.2. The minimum Gasteiger partial charge on any atom is -0.336 e. The van der Waals surface area contributed by atoms with E-state index in [1.165, 1.54) is 0 Å². The van der Waals surface area contributed by atoms with Crippen LogP contribution in [-0.2, 0) is 4.79 Å². The van der Waals surface area contributed by atoms with E-state index >= 15 is 0 Å². The van der Waals surface area contributed by atoms with Crippen molar-refractivity contribution in [2.24, 2.45) is 5.41 Å². The van der Waals surface area contributed by atoms with Crippen LogP contribution in [0.4, 0.5) is 0 Å². The Kier molecular flexibility index (Phi) is 4.99. The summed E-state index contributed by atoms with van der Waals surface area (Å²) in [5.74, 6) is 0.326. The van der Waals surface area contributed by atoms with Gasteiger partial charge in [0, 0.05) is 30.6 Å². The SMILES string of the molecule is CCC1CN(C(=O)C(C)(C)CC)C(CC)CN1. The van der Waals surface area contributed by atoms with Crippen LogP contribution >= 0.6 is 0 Å². The average molecular weight is 240 g/mol. The molecule has 1 rings (SSSR count). The molecule has 0 spiro atoms. The number of piperazine rings is 1. The first-order chi connectivity index (χ1) is 7.96. The van der Waals surface area contributed by atoms with Crippen LogP contribution in [0.5, 0.6) is 0 Å². The van der Waals surface area contributed by atoms with E-state index in [1.54, 1.807) is 0 Å². The van der Waals surface area contributed by atoms with Crippen molar-refractivity contribution in [3.8, 4) is 0 Å². The van der Waals surface area contributed by atoms with Gasteiger partial charge in [0.15, 0.2) is 0 Å². The van der Waals surface area contributed by atoms with Gasteiger partial charge in [-0.25, -0.2) is 0 Å². The molecule has 2 atom stereocenters. The van der Waals surface area contributed by atoms with E-state index in [1.807, 2.05) is 0 Å². The molecule has 100 valence electrons. The molecule has 1 heterocycles. The van der Waals surface area contributed by atoms with Crippen LogP contribution in [0.25, 0.3) is 0 Å². The van der Waals surface area contributed by atoms with E-state index in [-0.39, 0.29) is 5.41 Å². The van der Waals surface area contributed by atoms with Crippen LogP contribution in [0.15, 0.2) is 0 Å². The summed E-state index contributed by atoms with van der Waals surface area (Å²) in [7, 11) is 0. The highest BCUT2D eigenvalue weighted by molar-refractivity contribution is 5.82. The van der Waals surface area contributed by atoms with Crippen molar-refractivity contribution in [3.05, 3.63) is 0 Å². The van der Waals surface area contributed by atoms with Gasteiger partial charge >= 0.3 is 0 Å². The predicted molar refractivity (Wildman–Crippen MR) is 71.9 cm³/mol. The van der Waals surface area contributed by atoms with Crippen molar-refractivity contribution >= 4 is 5.91 Å². The second-order valence-corrected chi connectivity index (χ2v) is 5.77. The zero-order valence-corrected chi connectivity index (χ0v) is 12.0. The van der Waals surface area contributed by atoms with Crippen LogP contribution in [0.2, 0.25) is 0 Å². The lowest BCUT2D eigenvalue weighted by Gasteiger charge is -2.43. The molecule has 1 saturated heterocycles. The molecule has 2 unspecified atom stereocenters. The predicted octanol–water partition coefficient (Wildman–Crippen LogP) is 2.41. The Labute approximate surface area is 106 Å². The number of hydrogen-bond acceptors (Lipinski definition) is 2. The summed E-state index contributed by atoms with van der Waals surface area (Å²) in [6.07, 6.45) is 3.03. The van der Waals surface area contributed by atoms with Gasteiger partial charge in [-0.2, -0.15) is 0 Å². The van der Waals surface area contributed by atoms with Crippen LogP contribution in [0.3, 0.4) is 0 Å². The molecule has 0 radical (unpaired) electrons. The van der Waals surface area contributed by atoms with Gasteiger partial charge in [-0.15, -0.1) is 0 Å². The van der Waals surface area contributed by atoms with E-state index in [9.17, 15) is 4.79 Å². The third kappa shape index (κ3) is 3.21. The smallest absolute Gasteiger partial charge is 0.228 e. The van der Waals surface area contributed by atoms with Crippen molar-refractivity contribution < 1.29 is 4.79 Å². The molecule has 0 aromatic rings. The number of carbonyl (C=O) groups is 1. The molecule has 0 saturated carbocycles. The number of nitrogens with one attached hydrogen (secondary N) is 1. The molecule has 1 N–H and O–H groups in total. The third-order valence-electron chi connectivity index (χ3n) is 4.19. The molecule has 0 aliphatic carbocycles. The van der Waals surface area contributed by atoms with E-state index in [2.05, 4.69) is 44.8 Å².